The average Bonchev–Trinajstić information content (AvgIpc) is 0.738. The summed E-state index contributed by atoms with van der Waals surface area (Å²) in [6.45, 7) is 48.7. The molecule has 2 aliphatic heterocycles. The largest absolute Gasteiger partial charge is 0.311 e. The fourth-order valence-corrected chi connectivity index (χ4v) is 15.4. The van der Waals surface area contributed by atoms with E-state index in [9.17, 15) is 0 Å². The number of anilines is 12. The number of hydrogen-bond donors (Lipinski definition) is 0. The lowest BCUT2D eigenvalue weighted by Gasteiger charge is -2.46. The maximum atomic E-state index is 2.69. The second-order valence-electron chi connectivity index (χ2n) is 34.1. The molecule has 0 saturated carbocycles. The first-order valence-corrected chi connectivity index (χ1v) is 35.0. The highest BCUT2D eigenvalue weighted by Gasteiger charge is 2.46. The fourth-order valence-electron chi connectivity index (χ4n) is 14.2. The van der Waals surface area contributed by atoms with Crippen LogP contribution in [0.1, 0.15) is 184 Å². The molecule has 0 amide bonds. The Morgan fingerprint density at radius 2 is 0.638 bits per heavy atom. The van der Waals surface area contributed by atoms with Crippen molar-refractivity contribution in [2.45, 2.75) is 183 Å². The maximum Gasteiger partial charge on any atom is 0.252 e. The Hall–Kier alpha value is -8.32. The van der Waals surface area contributed by atoms with Gasteiger partial charge in [0.1, 0.15) is 0 Å². The van der Waals surface area contributed by atoms with Crippen LogP contribution < -0.4 is 36.0 Å². The molecule has 94 heavy (non-hydrogen) atoms. The van der Waals surface area contributed by atoms with Gasteiger partial charge in [-0.1, -0.05) is 249 Å². The summed E-state index contributed by atoms with van der Waals surface area (Å²) in [6, 6.07) is 80.8. The number of fused-ring (bicyclic) bond motifs is 7. The van der Waals surface area contributed by atoms with Crippen molar-refractivity contribution in [3.63, 3.8) is 0 Å². The van der Waals surface area contributed by atoms with Crippen molar-refractivity contribution in [2.75, 3.05) is 19.6 Å². The SMILES string of the molecule is CC(C)(C)c1ccc(N(c2ccc(C(C)(C)C)cc2)c2cc3c4c(c2)N(c2ccc(N(c5ccc(C(C)(C)C)cc5)c5ccc(C(C)(C)C)cc5)c5c2sc2ccccc25)c2ccc(C(C)(C)C)cc2B4c2cc(C(C)(C)C)ccc2N3c2ccc(C(C)(C)C)cc2)cc1. The smallest absolute Gasteiger partial charge is 0.252 e. The van der Waals surface area contributed by atoms with Gasteiger partial charge in [-0.15, -0.1) is 11.3 Å². The van der Waals surface area contributed by atoms with E-state index in [1.807, 2.05) is 11.3 Å². The van der Waals surface area contributed by atoms with Gasteiger partial charge in [0.15, 0.2) is 0 Å². The topological polar surface area (TPSA) is 13.0 Å². The first-order chi connectivity index (χ1) is 44.0. The highest BCUT2D eigenvalue weighted by molar-refractivity contribution is 7.26. The fraction of sp³-hybridized carbons (Fsp3) is 0.318. The van der Waals surface area contributed by atoms with E-state index < -0.39 is 0 Å². The average molecular weight is 1250 g/mol. The second kappa shape index (κ2) is 22.7. The van der Waals surface area contributed by atoms with Crippen LogP contribution in [0.15, 0.2) is 206 Å². The van der Waals surface area contributed by atoms with Crippen LogP contribution in [0.5, 0.6) is 0 Å². The Morgan fingerprint density at radius 3 is 1.04 bits per heavy atom. The van der Waals surface area contributed by atoms with Gasteiger partial charge in [0.2, 0.25) is 0 Å². The summed E-state index contributed by atoms with van der Waals surface area (Å²) in [6.07, 6.45) is 0. The van der Waals surface area contributed by atoms with Gasteiger partial charge < -0.3 is 19.6 Å². The molecule has 0 radical (unpaired) electrons. The summed E-state index contributed by atoms with van der Waals surface area (Å²) in [4.78, 5) is 10.3. The normalized spacial score (nSPS) is 13.7. The zero-order valence-electron chi connectivity index (χ0n) is 59.9. The highest BCUT2D eigenvalue weighted by Crippen LogP contribution is 2.55. The van der Waals surface area contributed by atoms with E-state index >= 15 is 0 Å². The van der Waals surface area contributed by atoms with Gasteiger partial charge in [-0.25, -0.2) is 0 Å². The van der Waals surface area contributed by atoms with E-state index in [1.54, 1.807) is 0 Å². The van der Waals surface area contributed by atoms with Crippen LogP contribution in [0.25, 0.3) is 20.2 Å². The highest BCUT2D eigenvalue weighted by atomic mass is 32.1. The third-order valence-corrected chi connectivity index (χ3v) is 21.2. The van der Waals surface area contributed by atoms with Gasteiger partial charge in [-0.2, -0.15) is 0 Å². The minimum atomic E-state index is -0.121. The molecule has 478 valence electrons. The van der Waals surface area contributed by atoms with Crippen LogP contribution in [0.3, 0.4) is 0 Å². The zero-order chi connectivity index (χ0) is 67.1. The van der Waals surface area contributed by atoms with Gasteiger partial charge in [0.05, 0.1) is 21.8 Å². The van der Waals surface area contributed by atoms with E-state index in [0.717, 1.165) is 51.2 Å². The number of hydrogen-bond acceptors (Lipinski definition) is 5. The summed E-state index contributed by atoms with van der Waals surface area (Å²) >= 11 is 1.91. The standard InChI is InChI=1S/C88H97BN4S/c1-82(2,3)56-26-38-63(39-27-56)90(64-40-28-57(29-41-64)83(4,5)6)68-54-76-80-77(55-68)93(73-49-37-62(88(19,20)21)53-71(73)89(80)70-52-61(87(16,17)18)36-48-72(70)92(76)67-46-34-60(35-47-67)86(13,14)15)75-51-50-74(79-69-24-22-23-25-78(69)94-81(75)79)91(65-42-30-58(31-43-65)84(7,8)9)66-44-32-59(33-45-66)85(10,11)12/h22-55H,1-21H3. The van der Waals surface area contributed by atoms with Crippen LogP contribution >= 0.6 is 11.3 Å². The molecule has 0 spiro atoms. The second-order valence-corrected chi connectivity index (χ2v) is 35.2. The monoisotopic (exact) mass is 1250 g/mol. The van der Waals surface area contributed by atoms with Crippen LogP contribution in [-0.4, -0.2) is 6.71 Å². The molecule has 0 aliphatic carbocycles. The number of nitrogens with zero attached hydrogens (tertiary/aromatic N) is 4. The van der Waals surface area contributed by atoms with Gasteiger partial charge in [0.25, 0.3) is 6.71 Å². The van der Waals surface area contributed by atoms with E-state index in [-0.39, 0.29) is 44.6 Å². The van der Waals surface area contributed by atoms with Crippen LogP contribution in [0, 0.1) is 0 Å². The molecule has 2 aliphatic rings. The number of thiophene rings is 1. The molecule has 0 fully saturated rings. The minimum absolute atomic E-state index is 0.000250. The van der Waals surface area contributed by atoms with Crippen molar-refractivity contribution >= 4 is 123 Å². The van der Waals surface area contributed by atoms with Gasteiger partial charge in [-0.05, 0) is 196 Å². The first-order valence-electron chi connectivity index (χ1n) is 34.2. The predicted molar refractivity (Wildman–Crippen MR) is 414 cm³/mol. The van der Waals surface area contributed by atoms with E-state index in [0.29, 0.717) is 0 Å². The third kappa shape index (κ3) is 11.6. The Balaban J connectivity index is 1.17. The number of benzene rings is 10. The summed E-state index contributed by atoms with van der Waals surface area (Å²) in [5, 5.41) is 2.48. The van der Waals surface area contributed by atoms with Gasteiger partial charge in [0, 0.05) is 66.7 Å². The Labute approximate surface area is 567 Å². The zero-order valence-corrected chi connectivity index (χ0v) is 60.7. The minimum Gasteiger partial charge on any atom is -0.311 e. The van der Waals surface area contributed by atoms with Crippen molar-refractivity contribution in [2.24, 2.45) is 0 Å². The molecule has 0 unspecified atom stereocenters. The molecule has 4 nitrogen and oxygen atoms in total. The lowest BCUT2D eigenvalue weighted by Crippen LogP contribution is -2.61. The molecule has 3 heterocycles. The van der Waals surface area contributed by atoms with Crippen molar-refractivity contribution in [1.29, 1.82) is 0 Å². The maximum absolute atomic E-state index is 2.69. The molecule has 11 aromatic rings. The molecule has 13 rings (SSSR count). The molecule has 0 saturated heterocycles. The molecule has 0 bridgehead atoms. The molecule has 10 aromatic carbocycles. The van der Waals surface area contributed by atoms with E-state index in [4.69, 9.17) is 0 Å². The molecular formula is C88H97BN4S. The lowest BCUT2D eigenvalue weighted by molar-refractivity contribution is 0.590. The summed E-state index contributed by atoms with van der Waals surface area (Å²) in [5.74, 6) is 0. The molecule has 0 N–H and O–H groups in total. The van der Waals surface area contributed by atoms with Crippen molar-refractivity contribution < 1.29 is 0 Å². The van der Waals surface area contributed by atoms with Gasteiger partial charge >= 0.3 is 0 Å². The summed E-state index contributed by atoms with van der Waals surface area (Å²) in [5.41, 5.74) is 26.5. The quantitative estimate of drug-likeness (QED) is 0.141. The van der Waals surface area contributed by atoms with Crippen molar-refractivity contribution in [3.8, 4) is 0 Å². The first kappa shape index (κ1) is 64.4. The van der Waals surface area contributed by atoms with Crippen LogP contribution in [-0.2, 0) is 37.9 Å². The molecule has 6 heteroatoms. The molecule has 0 atom stereocenters. The van der Waals surface area contributed by atoms with Crippen molar-refractivity contribution in [1.82, 2.24) is 0 Å². The third-order valence-electron chi connectivity index (χ3n) is 20.0. The predicted octanol–water partition coefficient (Wildman–Crippen LogP) is 24.2. The molecule has 1 aromatic heterocycles. The molecular weight excluding hydrogens is 1160 g/mol. The van der Waals surface area contributed by atoms with Crippen LogP contribution in [0.4, 0.5) is 68.2 Å². The van der Waals surface area contributed by atoms with Crippen molar-refractivity contribution in [3.05, 3.63) is 245 Å². The van der Waals surface area contributed by atoms with Gasteiger partial charge in [-0.3, -0.25) is 0 Å². The Morgan fingerprint density at radius 1 is 0.298 bits per heavy atom. The van der Waals surface area contributed by atoms with E-state index in [2.05, 4.69) is 371 Å². The van der Waals surface area contributed by atoms with E-state index in [1.165, 1.54) is 92.6 Å². The Bertz CT molecular complexity index is 4560. The lowest BCUT2D eigenvalue weighted by atomic mass is 9.33. The summed E-state index contributed by atoms with van der Waals surface area (Å²) < 4.78 is 2.49. The summed E-state index contributed by atoms with van der Waals surface area (Å²) in [7, 11) is 0. The Kier molecular flexibility index (Phi) is 15.5. The van der Waals surface area contributed by atoms with Crippen LogP contribution in [0.2, 0.25) is 0 Å². The number of rotatable bonds is 8.